The van der Waals surface area contributed by atoms with Crippen LogP contribution in [0.4, 0.5) is 0 Å². The average Bonchev–Trinajstić information content (AvgIpc) is 2.73. The Kier molecular flexibility index (Phi) is 6.53. The molecule has 1 amide bonds. The van der Waals surface area contributed by atoms with Crippen LogP contribution in [0.2, 0.25) is 0 Å². The van der Waals surface area contributed by atoms with Gasteiger partial charge >= 0.3 is 0 Å². The summed E-state index contributed by atoms with van der Waals surface area (Å²) in [5.41, 5.74) is 2.14. The quantitative estimate of drug-likeness (QED) is 0.674. The Morgan fingerprint density at radius 1 is 1.07 bits per heavy atom. The second kappa shape index (κ2) is 9.26. The van der Waals surface area contributed by atoms with Gasteiger partial charge in [0.15, 0.2) is 11.5 Å². The maximum absolute atomic E-state index is 12.6. The van der Waals surface area contributed by atoms with E-state index in [0.717, 1.165) is 30.4 Å². The average molecular weight is 365 g/mol. The fourth-order valence-electron chi connectivity index (χ4n) is 3.35. The van der Waals surface area contributed by atoms with Crippen molar-refractivity contribution >= 4 is 5.91 Å². The summed E-state index contributed by atoms with van der Waals surface area (Å²) >= 11 is 0. The number of hydrogen-bond acceptors (Lipinski definition) is 3. The molecule has 0 unspecified atom stereocenters. The molecule has 4 heteroatoms. The molecule has 1 aliphatic rings. The molecular formula is C23H27NO3. The van der Waals surface area contributed by atoms with Gasteiger partial charge in [0.1, 0.15) is 6.61 Å². The third kappa shape index (κ3) is 5.13. The first-order chi connectivity index (χ1) is 13.2. The molecule has 142 valence electrons. The first kappa shape index (κ1) is 19.0. The zero-order valence-electron chi connectivity index (χ0n) is 16.1. The monoisotopic (exact) mass is 365 g/mol. The Balaban J connectivity index is 1.62. The molecule has 0 heterocycles. The number of carbonyl (C=O) groups is 1. The van der Waals surface area contributed by atoms with E-state index in [1.54, 1.807) is 7.11 Å². The third-order valence-electron chi connectivity index (χ3n) is 4.88. The summed E-state index contributed by atoms with van der Waals surface area (Å²) in [6.45, 7) is 1.05. The lowest BCUT2D eigenvalue weighted by Crippen LogP contribution is -2.32. The maximum atomic E-state index is 12.6. The summed E-state index contributed by atoms with van der Waals surface area (Å²) in [5, 5.41) is 0. The highest BCUT2D eigenvalue weighted by molar-refractivity contribution is 5.79. The molecule has 0 N–H and O–H groups in total. The Labute approximate surface area is 161 Å². The Bertz CT molecular complexity index is 785. The van der Waals surface area contributed by atoms with Crippen molar-refractivity contribution in [1.29, 1.82) is 0 Å². The molecule has 3 rings (SSSR count). The third-order valence-corrected chi connectivity index (χ3v) is 4.88. The molecule has 1 aliphatic carbocycles. The highest BCUT2D eigenvalue weighted by atomic mass is 16.5. The number of ether oxygens (including phenoxy) is 2. The summed E-state index contributed by atoms with van der Waals surface area (Å²) in [4.78, 5) is 14.4. The standard InChI is InChI=1S/C23H27NO3/c1-24(23(25)20-11-7-4-8-12-20)16-19-13-14-21(22(15-19)26-2)27-17-18-9-5-3-6-10-18/h3-7,9-10,13-15,20H,8,11-12,16-17H2,1-2H3/t20-/m0/s1. The number of amides is 1. The predicted octanol–water partition coefficient (Wildman–Crippen LogP) is 4.59. The van der Waals surface area contributed by atoms with E-state index in [1.165, 1.54) is 0 Å². The zero-order valence-corrected chi connectivity index (χ0v) is 16.1. The van der Waals surface area contributed by atoms with Gasteiger partial charge < -0.3 is 14.4 Å². The normalized spacial score (nSPS) is 16.0. The molecular weight excluding hydrogens is 338 g/mol. The molecule has 0 radical (unpaired) electrons. The van der Waals surface area contributed by atoms with Crippen LogP contribution in [0.3, 0.4) is 0 Å². The minimum Gasteiger partial charge on any atom is -0.493 e. The van der Waals surface area contributed by atoms with Crippen LogP contribution >= 0.6 is 0 Å². The van der Waals surface area contributed by atoms with Crippen molar-refractivity contribution in [2.75, 3.05) is 14.2 Å². The molecule has 27 heavy (non-hydrogen) atoms. The van der Waals surface area contributed by atoms with E-state index >= 15 is 0 Å². The number of allylic oxidation sites excluding steroid dienone is 2. The van der Waals surface area contributed by atoms with Crippen molar-refractivity contribution in [2.45, 2.75) is 32.4 Å². The van der Waals surface area contributed by atoms with Gasteiger partial charge in [-0.3, -0.25) is 4.79 Å². The van der Waals surface area contributed by atoms with Gasteiger partial charge in [0.2, 0.25) is 5.91 Å². The van der Waals surface area contributed by atoms with Crippen molar-refractivity contribution < 1.29 is 14.3 Å². The second-order valence-corrected chi connectivity index (χ2v) is 6.94. The molecule has 0 bridgehead atoms. The van der Waals surface area contributed by atoms with Crippen LogP contribution in [-0.4, -0.2) is 25.0 Å². The highest BCUT2D eigenvalue weighted by Gasteiger charge is 2.22. The van der Waals surface area contributed by atoms with E-state index < -0.39 is 0 Å². The largest absolute Gasteiger partial charge is 0.493 e. The van der Waals surface area contributed by atoms with Crippen molar-refractivity contribution in [3.63, 3.8) is 0 Å². The Morgan fingerprint density at radius 2 is 1.89 bits per heavy atom. The molecule has 0 saturated carbocycles. The fourth-order valence-corrected chi connectivity index (χ4v) is 3.35. The summed E-state index contributed by atoms with van der Waals surface area (Å²) in [5.74, 6) is 1.71. The van der Waals surface area contributed by atoms with Gasteiger partial charge in [-0.2, -0.15) is 0 Å². The summed E-state index contributed by atoms with van der Waals surface area (Å²) in [6.07, 6.45) is 7.05. The minimum absolute atomic E-state index is 0.107. The van der Waals surface area contributed by atoms with Gasteiger partial charge in [-0.15, -0.1) is 0 Å². The Morgan fingerprint density at radius 3 is 2.59 bits per heavy atom. The number of carbonyl (C=O) groups excluding carboxylic acids is 1. The van der Waals surface area contributed by atoms with Gasteiger partial charge in [-0.1, -0.05) is 48.6 Å². The van der Waals surface area contributed by atoms with Gasteiger partial charge in [-0.05, 0) is 42.5 Å². The molecule has 0 spiro atoms. The van der Waals surface area contributed by atoms with Crippen LogP contribution < -0.4 is 9.47 Å². The first-order valence-electron chi connectivity index (χ1n) is 9.41. The van der Waals surface area contributed by atoms with Crippen LogP contribution in [0.25, 0.3) is 0 Å². The van der Waals surface area contributed by atoms with Crippen LogP contribution in [0.1, 0.15) is 30.4 Å². The van der Waals surface area contributed by atoms with Gasteiger partial charge in [0, 0.05) is 19.5 Å². The maximum Gasteiger partial charge on any atom is 0.226 e. The molecule has 4 nitrogen and oxygen atoms in total. The lowest BCUT2D eigenvalue weighted by molar-refractivity contribution is -0.135. The predicted molar refractivity (Wildman–Crippen MR) is 107 cm³/mol. The van der Waals surface area contributed by atoms with E-state index in [0.29, 0.717) is 24.7 Å². The van der Waals surface area contributed by atoms with E-state index in [1.807, 2.05) is 60.5 Å². The van der Waals surface area contributed by atoms with Gasteiger partial charge in [0.25, 0.3) is 0 Å². The van der Waals surface area contributed by atoms with Crippen LogP contribution in [-0.2, 0) is 17.9 Å². The van der Waals surface area contributed by atoms with E-state index in [2.05, 4.69) is 12.2 Å². The summed E-state index contributed by atoms with van der Waals surface area (Å²) in [6, 6.07) is 15.9. The number of methoxy groups -OCH3 is 1. The molecule has 1 atom stereocenters. The minimum atomic E-state index is 0.107. The van der Waals surface area contributed by atoms with Crippen molar-refractivity contribution in [3.8, 4) is 11.5 Å². The summed E-state index contributed by atoms with van der Waals surface area (Å²) in [7, 11) is 3.50. The second-order valence-electron chi connectivity index (χ2n) is 6.94. The van der Waals surface area contributed by atoms with Crippen LogP contribution in [0, 0.1) is 5.92 Å². The SMILES string of the molecule is COc1cc(CN(C)C(=O)[C@H]2CC=CCC2)ccc1OCc1ccccc1. The number of hydrogen-bond donors (Lipinski definition) is 0. The molecule has 0 aromatic heterocycles. The van der Waals surface area contributed by atoms with E-state index in [-0.39, 0.29) is 11.8 Å². The van der Waals surface area contributed by atoms with E-state index in [4.69, 9.17) is 9.47 Å². The first-order valence-corrected chi connectivity index (χ1v) is 9.41. The zero-order chi connectivity index (χ0) is 19.1. The fraction of sp³-hybridized carbons (Fsp3) is 0.348. The number of rotatable bonds is 7. The Hall–Kier alpha value is -2.75. The molecule has 0 fully saturated rings. The molecule has 0 saturated heterocycles. The number of nitrogens with zero attached hydrogens (tertiary/aromatic N) is 1. The van der Waals surface area contributed by atoms with Crippen molar-refractivity contribution in [2.24, 2.45) is 5.92 Å². The number of benzene rings is 2. The van der Waals surface area contributed by atoms with Crippen molar-refractivity contribution in [1.82, 2.24) is 4.90 Å². The molecule has 2 aromatic rings. The van der Waals surface area contributed by atoms with Gasteiger partial charge in [0.05, 0.1) is 7.11 Å². The smallest absolute Gasteiger partial charge is 0.226 e. The van der Waals surface area contributed by atoms with Crippen LogP contribution in [0.5, 0.6) is 11.5 Å². The summed E-state index contributed by atoms with van der Waals surface area (Å²) < 4.78 is 11.4. The topological polar surface area (TPSA) is 38.8 Å². The van der Waals surface area contributed by atoms with E-state index in [9.17, 15) is 4.79 Å². The lowest BCUT2D eigenvalue weighted by Gasteiger charge is -2.24. The molecule has 0 aliphatic heterocycles. The van der Waals surface area contributed by atoms with Gasteiger partial charge in [-0.25, -0.2) is 0 Å². The highest BCUT2D eigenvalue weighted by Crippen LogP contribution is 2.29. The van der Waals surface area contributed by atoms with Crippen molar-refractivity contribution in [3.05, 3.63) is 71.8 Å². The molecule has 2 aromatic carbocycles. The van der Waals surface area contributed by atoms with Crippen LogP contribution in [0.15, 0.2) is 60.7 Å². The lowest BCUT2D eigenvalue weighted by atomic mass is 9.93.